The molecule has 2 N–H and O–H groups in total. The summed E-state index contributed by atoms with van der Waals surface area (Å²) in [6.45, 7) is 0. The Morgan fingerprint density at radius 2 is 2.21 bits per heavy atom. The van der Waals surface area contributed by atoms with Crippen LogP contribution in [-0.2, 0) is 0 Å². The van der Waals surface area contributed by atoms with Crippen LogP contribution in [0.1, 0.15) is 10.5 Å². The Bertz CT molecular complexity index is 655. The largest absolute Gasteiger partial charge is 0.504 e. The third-order valence-corrected chi connectivity index (χ3v) is 2.94. The van der Waals surface area contributed by atoms with Crippen molar-refractivity contribution < 1.29 is 28.7 Å². The highest BCUT2D eigenvalue weighted by Crippen LogP contribution is 2.41. The average Bonchev–Trinajstić information content (AvgIpc) is 2.84. The molecule has 1 heterocycles. The molecule has 0 saturated carbocycles. The lowest BCUT2D eigenvalue weighted by Crippen LogP contribution is -1.94. The van der Waals surface area contributed by atoms with E-state index in [2.05, 4.69) is 21.1 Å². The normalized spacial score (nSPS) is 10.5. The monoisotopic (exact) mass is 331 g/mol. The summed E-state index contributed by atoms with van der Waals surface area (Å²) in [5, 5.41) is 21.7. The lowest BCUT2D eigenvalue weighted by molar-refractivity contribution is 0.0686. The van der Waals surface area contributed by atoms with Gasteiger partial charge in [-0.2, -0.15) is 4.39 Å². The highest BCUT2D eigenvalue weighted by Gasteiger charge is 2.22. The van der Waals surface area contributed by atoms with Crippen LogP contribution in [0.4, 0.5) is 4.39 Å². The van der Waals surface area contributed by atoms with E-state index in [1.165, 1.54) is 13.2 Å². The van der Waals surface area contributed by atoms with Crippen LogP contribution >= 0.6 is 15.9 Å². The fraction of sp³-hybridized carbons (Fsp3) is 0.0909. The summed E-state index contributed by atoms with van der Waals surface area (Å²) in [5.41, 5.74) is -0.382. The van der Waals surface area contributed by atoms with Crippen molar-refractivity contribution in [3.05, 3.63) is 28.1 Å². The lowest BCUT2D eigenvalue weighted by Gasteiger charge is -2.08. The van der Waals surface area contributed by atoms with Crippen LogP contribution in [0.5, 0.6) is 11.5 Å². The molecule has 19 heavy (non-hydrogen) atoms. The number of aromatic nitrogens is 1. The molecular weight excluding hydrogens is 325 g/mol. The molecule has 2 rings (SSSR count). The standard InChI is InChI=1S/C11H7BrFNO5/c1-18-10-5(12)2-4(9(15)8(10)13)7-3-6(11(16)17)14-19-7/h2-3,15H,1H3,(H,16,17). The predicted molar refractivity (Wildman–Crippen MR) is 64.8 cm³/mol. The molecular formula is C11H7BrFNO5. The van der Waals surface area contributed by atoms with Crippen molar-refractivity contribution in [3.63, 3.8) is 0 Å². The topological polar surface area (TPSA) is 92.8 Å². The second-order valence-electron chi connectivity index (χ2n) is 3.48. The highest BCUT2D eigenvalue weighted by molar-refractivity contribution is 9.10. The molecule has 8 heteroatoms. The van der Waals surface area contributed by atoms with Crippen molar-refractivity contribution in [2.45, 2.75) is 0 Å². The van der Waals surface area contributed by atoms with Crippen LogP contribution in [-0.4, -0.2) is 28.4 Å². The molecule has 0 amide bonds. The van der Waals surface area contributed by atoms with Gasteiger partial charge in [0.25, 0.3) is 0 Å². The number of methoxy groups -OCH3 is 1. The molecule has 0 aliphatic rings. The molecule has 0 aliphatic heterocycles. The van der Waals surface area contributed by atoms with Gasteiger partial charge in [0.2, 0.25) is 5.82 Å². The van der Waals surface area contributed by atoms with Crippen molar-refractivity contribution in [1.29, 1.82) is 0 Å². The maximum Gasteiger partial charge on any atom is 0.358 e. The Hall–Kier alpha value is -2.09. The van der Waals surface area contributed by atoms with Crippen LogP contribution in [0.15, 0.2) is 21.1 Å². The van der Waals surface area contributed by atoms with Gasteiger partial charge in [-0.25, -0.2) is 4.79 Å². The van der Waals surface area contributed by atoms with Crippen LogP contribution < -0.4 is 4.74 Å². The van der Waals surface area contributed by atoms with E-state index in [1.807, 2.05) is 0 Å². The number of aromatic hydroxyl groups is 1. The van der Waals surface area contributed by atoms with Gasteiger partial charge < -0.3 is 19.5 Å². The van der Waals surface area contributed by atoms with E-state index in [9.17, 15) is 14.3 Å². The van der Waals surface area contributed by atoms with Gasteiger partial charge >= 0.3 is 5.97 Å². The first-order valence-electron chi connectivity index (χ1n) is 4.91. The summed E-state index contributed by atoms with van der Waals surface area (Å²) in [6.07, 6.45) is 0. The number of benzene rings is 1. The predicted octanol–water partition coefficient (Wildman–Crippen LogP) is 2.66. The molecule has 6 nitrogen and oxygen atoms in total. The van der Waals surface area contributed by atoms with Crippen LogP contribution in [0.3, 0.4) is 0 Å². The van der Waals surface area contributed by atoms with Gasteiger partial charge in [-0.15, -0.1) is 0 Å². The number of hydrogen-bond donors (Lipinski definition) is 2. The molecule has 0 aliphatic carbocycles. The first kappa shape index (κ1) is 13.3. The maximum absolute atomic E-state index is 13.8. The number of carboxylic acid groups (broad SMARTS) is 1. The summed E-state index contributed by atoms with van der Waals surface area (Å²) in [5.74, 6) is -3.23. The van der Waals surface area contributed by atoms with Gasteiger partial charge in [-0.1, -0.05) is 5.16 Å². The average molecular weight is 332 g/mol. The van der Waals surface area contributed by atoms with Crippen LogP contribution in [0.2, 0.25) is 0 Å². The first-order chi connectivity index (χ1) is 8.95. The number of carbonyl (C=O) groups is 1. The molecule has 0 saturated heterocycles. The van der Waals surface area contributed by atoms with Crippen molar-refractivity contribution in [2.24, 2.45) is 0 Å². The molecule has 0 radical (unpaired) electrons. The second-order valence-corrected chi connectivity index (χ2v) is 4.34. The van der Waals surface area contributed by atoms with E-state index in [-0.39, 0.29) is 27.2 Å². The molecule has 1 aromatic heterocycles. The van der Waals surface area contributed by atoms with E-state index in [4.69, 9.17) is 14.4 Å². The third-order valence-electron chi connectivity index (χ3n) is 2.35. The minimum absolute atomic E-state index is 0.0369. The zero-order valence-electron chi connectivity index (χ0n) is 9.48. The number of nitrogens with zero attached hydrogens (tertiary/aromatic N) is 1. The second kappa shape index (κ2) is 4.88. The summed E-state index contributed by atoms with van der Waals surface area (Å²) >= 11 is 3.07. The molecule has 0 atom stereocenters. The SMILES string of the molecule is COc1c(Br)cc(-c2cc(C(=O)O)no2)c(O)c1F. The van der Waals surface area contributed by atoms with Gasteiger partial charge in [0, 0.05) is 6.07 Å². The van der Waals surface area contributed by atoms with Crippen molar-refractivity contribution in [1.82, 2.24) is 5.16 Å². The Balaban J connectivity index is 2.59. The lowest BCUT2D eigenvalue weighted by atomic mass is 10.1. The molecule has 100 valence electrons. The summed E-state index contributed by atoms with van der Waals surface area (Å²) in [7, 11) is 1.25. The molecule has 2 aromatic rings. The first-order valence-corrected chi connectivity index (χ1v) is 5.70. The highest BCUT2D eigenvalue weighted by atomic mass is 79.9. The quantitative estimate of drug-likeness (QED) is 0.898. The Morgan fingerprint density at radius 1 is 1.53 bits per heavy atom. The van der Waals surface area contributed by atoms with Crippen molar-refractivity contribution in [2.75, 3.05) is 7.11 Å². The van der Waals surface area contributed by atoms with Gasteiger partial charge in [-0.3, -0.25) is 0 Å². The number of phenols is 1. The molecule has 0 bridgehead atoms. The summed E-state index contributed by atoms with van der Waals surface area (Å²) < 4.78 is 23.6. The van der Waals surface area contributed by atoms with Gasteiger partial charge in [0.15, 0.2) is 23.0 Å². The summed E-state index contributed by atoms with van der Waals surface area (Å²) in [4.78, 5) is 10.7. The summed E-state index contributed by atoms with van der Waals surface area (Å²) in [6, 6.07) is 2.42. The maximum atomic E-state index is 13.8. The van der Waals surface area contributed by atoms with E-state index in [0.29, 0.717) is 0 Å². The number of ether oxygens (including phenoxy) is 1. The van der Waals surface area contributed by atoms with E-state index < -0.39 is 17.5 Å². The van der Waals surface area contributed by atoms with Crippen LogP contribution in [0, 0.1) is 5.82 Å². The zero-order valence-corrected chi connectivity index (χ0v) is 11.1. The zero-order chi connectivity index (χ0) is 14.2. The number of phenolic OH excluding ortho intramolecular Hbond substituents is 1. The Kier molecular flexibility index (Phi) is 3.43. The van der Waals surface area contributed by atoms with E-state index >= 15 is 0 Å². The minimum atomic E-state index is -1.29. The fourth-order valence-corrected chi connectivity index (χ4v) is 2.03. The number of hydrogen-bond acceptors (Lipinski definition) is 5. The molecule has 0 spiro atoms. The minimum Gasteiger partial charge on any atom is -0.504 e. The third kappa shape index (κ3) is 2.26. The number of carboxylic acids is 1. The Morgan fingerprint density at radius 3 is 2.74 bits per heavy atom. The number of rotatable bonds is 3. The van der Waals surface area contributed by atoms with E-state index in [1.54, 1.807) is 0 Å². The molecule has 1 aromatic carbocycles. The van der Waals surface area contributed by atoms with E-state index in [0.717, 1.165) is 6.07 Å². The van der Waals surface area contributed by atoms with Crippen LogP contribution in [0.25, 0.3) is 11.3 Å². The number of halogens is 2. The van der Waals surface area contributed by atoms with Crippen molar-refractivity contribution in [3.8, 4) is 22.8 Å². The van der Waals surface area contributed by atoms with Gasteiger partial charge in [0.05, 0.1) is 17.1 Å². The fourth-order valence-electron chi connectivity index (χ4n) is 1.47. The smallest absolute Gasteiger partial charge is 0.358 e. The molecule has 0 unspecified atom stereocenters. The van der Waals surface area contributed by atoms with Gasteiger partial charge in [-0.05, 0) is 22.0 Å². The number of aromatic carboxylic acids is 1. The Labute approximate surface area is 114 Å². The molecule has 0 fully saturated rings. The van der Waals surface area contributed by atoms with Crippen molar-refractivity contribution >= 4 is 21.9 Å². The van der Waals surface area contributed by atoms with Gasteiger partial charge in [0.1, 0.15) is 0 Å².